The monoisotopic (exact) mass is 305 g/mol. The van der Waals surface area contributed by atoms with Crippen molar-refractivity contribution in [3.63, 3.8) is 0 Å². The van der Waals surface area contributed by atoms with Gasteiger partial charge in [0.2, 0.25) is 0 Å². The summed E-state index contributed by atoms with van der Waals surface area (Å²) in [6, 6.07) is 13.3. The molecule has 2 rings (SSSR count). The highest BCUT2D eigenvalue weighted by atomic mass is 19.1. The van der Waals surface area contributed by atoms with E-state index in [0.717, 1.165) is 11.6 Å². The maximum atomic E-state index is 13.3. The molecular weight excluding hydrogens is 284 g/mol. The van der Waals surface area contributed by atoms with Gasteiger partial charge in [-0.25, -0.2) is 8.78 Å². The first-order chi connectivity index (χ1) is 10.6. The minimum atomic E-state index is -0.571. The van der Waals surface area contributed by atoms with Gasteiger partial charge in [0.25, 0.3) is 0 Å². The third kappa shape index (κ3) is 4.61. The van der Waals surface area contributed by atoms with E-state index in [4.69, 9.17) is 0 Å². The molecule has 118 valence electrons. The summed E-state index contributed by atoms with van der Waals surface area (Å²) >= 11 is 0. The Morgan fingerprint density at radius 1 is 1.00 bits per heavy atom. The molecule has 2 N–H and O–H groups in total. The fourth-order valence-corrected chi connectivity index (χ4v) is 2.53. The molecule has 0 radical (unpaired) electrons. The first-order valence-electron chi connectivity index (χ1n) is 7.45. The maximum absolute atomic E-state index is 13.3. The molecule has 0 heterocycles. The predicted molar refractivity (Wildman–Crippen MR) is 83.7 cm³/mol. The highest BCUT2D eigenvalue weighted by Gasteiger charge is 2.14. The number of hydrogen-bond acceptors (Lipinski definition) is 2. The second-order valence-corrected chi connectivity index (χ2v) is 5.45. The molecule has 0 aromatic heterocycles. The summed E-state index contributed by atoms with van der Waals surface area (Å²) < 4.78 is 26.5. The topological polar surface area (TPSA) is 32.3 Å². The molecule has 2 aromatic rings. The summed E-state index contributed by atoms with van der Waals surface area (Å²) in [4.78, 5) is 0. The minimum Gasteiger partial charge on any atom is -0.396 e. The van der Waals surface area contributed by atoms with Crippen LogP contribution in [-0.2, 0) is 0 Å². The highest BCUT2D eigenvalue weighted by molar-refractivity contribution is 5.22. The van der Waals surface area contributed by atoms with Gasteiger partial charge >= 0.3 is 0 Å². The molecule has 2 nitrogen and oxygen atoms in total. The number of aliphatic hydroxyl groups is 1. The summed E-state index contributed by atoms with van der Waals surface area (Å²) in [6.07, 6.45) is 0.640. The number of nitrogens with one attached hydrogen (secondary N) is 1. The number of benzene rings is 2. The second kappa shape index (κ2) is 8.01. The quantitative estimate of drug-likeness (QED) is 0.816. The van der Waals surface area contributed by atoms with Gasteiger partial charge in [-0.05, 0) is 42.5 Å². The number of halogens is 2. The van der Waals surface area contributed by atoms with Crippen LogP contribution in [0.25, 0.3) is 0 Å². The summed E-state index contributed by atoms with van der Waals surface area (Å²) in [5, 5.41) is 12.5. The van der Waals surface area contributed by atoms with E-state index in [1.807, 2.05) is 37.3 Å². The first kappa shape index (κ1) is 16.6. The lowest BCUT2D eigenvalue weighted by Gasteiger charge is -2.21. The molecule has 0 fully saturated rings. The third-order valence-electron chi connectivity index (χ3n) is 3.80. The lowest BCUT2D eigenvalue weighted by molar-refractivity contribution is 0.272. The Bertz CT molecular complexity index is 569. The van der Waals surface area contributed by atoms with E-state index in [9.17, 15) is 13.9 Å². The molecule has 22 heavy (non-hydrogen) atoms. The number of hydrogen-bond donors (Lipinski definition) is 2. The van der Waals surface area contributed by atoms with Crippen molar-refractivity contribution in [1.29, 1.82) is 0 Å². The molecule has 2 atom stereocenters. The molecule has 0 aliphatic rings. The largest absolute Gasteiger partial charge is 0.396 e. The van der Waals surface area contributed by atoms with Gasteiger partial charge in [0, 0.05) is 25.3 Å². The lowest BCUT2D eigenvalue weighted by atomic mass is 9.95. The molecule has 0 aliphatic carbocycles. The van der Waals surface area contributed by atoms with Crippen LogP contribution in [0.1, 0.15) is 36.4 Å². The molecule has 2 unspecified atom stereocenters. The Morgan fingerprint density at radius 2 is 1.64 bits per heavy atom. The van der Waals surface area contributed by atoms with Gasteiger partial charge in [-0.15, -0.1) is 0 Å². The summed E-state index contributed by atoms with van der Waals surface area (Å²) in [5.41, 5.74) is 1.72. The van der Waals surface area contributed by atoms with Gasteiger partial charge in [-0.1, -0.05) is 30.3 Å². The Kier molecular flexibility index (Phi) is 6.04. The van der Waals surface area contributed by atoms with E-state index < -0.39 is 11.6 Å². The molecule has 0 saturated heterocycles. The van der Waals surface area contributed by atoms with E-state index in [2.05, 4.69) is 5.32 Å². The predicted octanol–water partition coefficient (Wildman–Crippen LogP) is 3.78. The molecular formula is C18H21F2NO. The summed E-state index contributed by atoms with van der Waals surface area (Å²) in [6.45, 7) is 2.60. The average Bonchev–Trinajstić information content (AvgIpc) is 2.51. The fraction of sp³-hybridized carbons (Fsp3) is 0.333. The van der Waals surface area contributed by atoms with Crippen LogP contribution < -0.4 is 5.32 Å². The van der Waals surface area contributed by atoms with Crippen molar-refractivity contribution in [3.8, 4) is 0 Å². The lowest BCUT2D eigenvalue weighted by Crippen LogP contribution is -2.25. The number of rotatable bonds is 7. The van der Waals surface area contributed by atoms with Crippen LogP contribution in [0, 0.1) is 11.6 Å². The minimum absolute atomic E-state index is 0.101. The normalized spacial score (nSPS) is 13.8. The molecule has 0 amide bonds. The Labute approximate surface area is 129 Å². The first-order valence-corrected chi connectivity index (χ1v) is 7.45. The van der Waals surface area contributed by atoms with Crippen LogP contribution in [0.2, 0.25) is 0 Å². The molecule has 4 heteroatoms. The SMILES string of the molecule is CC(NCC(CCO)c1ccccc1)c1cc(F)cc(F)c1. The van der Waals surface area contributed by atoms with Crippen molar-refractivity contribution < 1.29 is 13.9 Å². The van der Waals surface area contributed by atoms with Crippen LogP contribution in [0.15, 0.2) is 48.5 Å². The van der Waals surface area contributed by atoms with Crippen LogP contribution >= 0.6 is 0 Å². The third-order valence-corrected chi connectivity index (χ3v) is 3.80. The molecule has 0 spiro atoms. The van der Waals surface area contributed by atoms with Gasteiger partial charge < -0.3 is 10.4 Å². The van der Waals surface area contributed by atoms with Crippen molar-refractivity contribution in [2.24, 2.45) is 0 Å². The summed E-state index contributed by atoms with van der Waals surface area (Å²) in [7, 11) is 0. The second-order valence-electron chi connectivity index (χ2n) is 5.45. The Morgan fingerprint density at radius 3 is 2.23 bits per heavy atom. The van der Waals surface area contributed by atoms with Gasteiger partial charge in [-0.2, -0.15) is 0 Å². The zero-order valence-electron chi connectivity index (χ0n) is 12.6. The fourth-order valence-electron chi connectivity index (χ4n) is 2.53. The molecule has 0 saturated carbocycles. The van der Waals surface area contributed by atoms with Gasteiger partial charge in [-0.3, -0.25) is 0 Å². The number of aliphatic hydroxyl groups excluding tert-OH is 1. The van der Waals surface area contributed by atoms with Crippen LogP contribution in [-0.4, -0.2) is 18.3 Å². The molecule has 0 bridgehead atoms. The van der Waals surface area contributed by atoms with Crippen molar-refractivity contribution >= 4 is 0 Å². The van der Waals surface area contributed by atoms with Crippen LogP contribution in [0.3, 0.4) is 0 Å². The molecule has 0 aliphatic heterocycles. The van der Waals surface area contributed by atoms with Crippen molar-refractivity contribution in [3.05, 3.63) is 71.3 Å². The van der Waals surface area contributed by atoms with E-state index in [0.29, 0.717) is 18.5 Å². The smallest absolute Gasteiger partial charge is 0.126 e. The Hall–Kier alpha value is -1.78. The molecule has 2 aromatic carbocycles. The average molecular weight is 305 g/mol. The van der Waals surface area contributed by atoms with Crippen LogP contribution in [0.5, 0.6) is 0 Å². The zero-order valence-corrected chi connectivity index (χ0v) is 12.6. The van der Waals surface area contributed by atoms with Crippen molar-refractivity contribution in [2.45, 2.75) is 25.3 Å². The van der Waals surface area contributed by atoms with Crippen molar-refractivity contribution in [1.82, 2.24) is 5.32 Å². The maximum Gasteiger partial charge on any atom is 0.126 e. The van der Waals surface area contributed by atoms with E-state index in [1.54, 1.807) is 0 Å². The van der Waals surface area contributed by atoms with Crippen LogP contribution in [0.4, 0.5) is 8.78 Å². The summed E-state index contributed by atoms with van der Waals surface area (Å²) in [5.74, 6) is -0.982. The van der Waals surface area contributed by atoms with Gasteiger partial charge in [0.15, 0.2) is 0 Å². The van der Waals surface area contributed by atoms with Gasteiger partial charge in [0.1, 0.15) is 11.6 Å². The van der Waals surface area contributed by atoms with E-state index in [-0.39, 0.29) is 18.6 Å². The Balaban J connectivity index is 2.02. The zero-order chi connectivity index (χ0) is 15.9. The van der Waals surface area contributed by atoms with Gasteiger partial charge in [0.05, 0.1) is 0 Å². The van der Waals surface area contributed by atoms with Crippen molar-refractivity contribution in [2.75, 3.05) is 13.2 Å². The standard InChI is InChI=1S/C18H21F2NO/c1-13(16-9-17(19)11-18(20)10-16)21-12-15(7-8-22)14-5-3-2-4-6-14/h2-6,9-11,13,15,21-22H,7-8,12H2,1H3. The van der Waals surface area contributed by atoms with E-state index >= 15 is 0 Å². The van der Waals surface area contributed by atoms with E-state index in [1.165, 1.54) is 12.1 Å². The highest BCUT2D eigenvalue weighted by Crippen LogP contribution is 2.21.